The minimum atomic E-state index is -0.324. The molecule has 1 saturated heterocycles. The third-order valence-electron chi connectivity index (χ3n) is 4.01. The van der Waals surface area contributed by atoms with Crippen molar-refractivity contribution in [2.24, 2.45) is 5.92 Å². The molecule has 4 nitrogen and oxygen atoms in total. The van der Waals surface area contributed by atoms with E-state index < -0.39 is 0 Å². The molecule has 1 fully saturated rings. The molecule has 0 saturated carbocycles. The molecular weight excluding hydrogens is 285 g/mol. The highest BCUT2D eigenvalue weighted by molar-refractivity contribution is 5.72. The maximum absolute atomic E-state index is 13.4. The van der Waals surface area contributed by atoms with Gasteiger partial charge in [-0.1, -0.05) is 12.1 Å². The Morgan fingerprint density at radius 3 is 3.00 bits per heavy atom. The fourth-order valence-electron chi connectivity index (χ4n) is 2.91. The van der Waals surface area contributed by atoms with Gasteiger partial charge in [-0.25, -0.2) is 4.39 Å². The Hall–Kier alpha value is -1.62. The lowest BCUT2D eigenvalue weighted by molar-refractivity contribution is -0.907. The summed E-state index contributed by atoms with van der Waals surface area (Å²) in [5, 5.41) is 0. The Bertz CT molecular complexity index is 481. The zero-order valence-corrected chi connectivity index (χ0v) is 13.1. The second-order valence-corrected chi connectivity index (χ2v) is 5.68. The van der Waals surface area contributed by atoms with Crippen LogP contribution in [-0.4, -0.2) is 38.8 Å². The molecule has 0 bridgehead atoms. The normalized spacial score (nSPS) is 21.4. The molecule has 1 aliphatic heterocycles. The van der Waals surface area contributed by atoms with E-state index in [4.69, 9.17) is 9.47 Å². The first kappa shape index (κ1) is 16.7. The molecule has 1 N–H and O–H groups in total. The summed E-state index contributed by atoms with van der Waals surface area (Å²) in [5.41, 5.74) is 0. The molecular formula is C17H25FNO3+. The third-order valence-corrected chi connectivity index (χ3v) is 4.01. The lowest BCUT2D eigenvalue weighted by atomic mass is 9.98. The van der Waals surface area contributed by atoms with Crippen molar-refractivity contribution in [3.63, 3.8) is 0 Å². The van der Waals surface area contributed by atoms with E-state index in [0.717, 1.165) is 38.9 Å². The van der Waals surface area contributed by atoms with Crippen LogP contribution in [0.15, 0.2) is 24.3 Å². The van der Waals surface area contributed by atoms with Gasteiger partial charge in [0.05, 0.1) is 32.8 Å². The fourth-order valence-corrected chi connectivity index (χ4v) is 2.91. The number of para-hydroxylation sites is 1. The quantitative estimate of drug-likeness (QED) is 0.612. The highest BCUT2D eigenvalue weighted by Crippen LogP contribution is 2.15. The van der Waals surface area contributed by atoms with Crippen LogP contribution < -0.4 is 9.64 Å². The van der Waals surface area contributed by atoms with Gasteiger partial charge in [-0.3, -0.25) is 4.79 Å². The number of nitrogens with one attached hydrogen (secondary N) is 1. The minimum absolute atomic E-state index is 0.0242. The maximum atomic E-state index is 13.4. The number of ether oxygens (including phenoxy) is 2. The van der Waals surface area contributed by atoms with Crippen molar-refractivity contribution >= 4 is 5.97 Å². The van der Waals surface area contributed by atoms with E-state index in [9.17, 15) is 9.18 Å². The van der Waals surface area contributed by atoms with Gasteiger partial charge in [-0.05, 0) is 31.9 Å². The van der Waals surface area contributed by atoms with Gasteiger partial charge >= 0.3 is 5.97 Å². The first-order chi connectivity index (χ1) is 10.7. The Balaban J connectivity index is 1.68. The van der Waals surface area contributed by atoms with Crippen molar-refractivity contribution in [1.82, 2.24) is 0 Å². The Morgan fingerprint density at radius 1 is 1.41 bits per heavy atom. The van der Waals surface area contributed by atoms with Gasteiger partial charge in [-0.2, -0.15) is 0 Å². The molecule has 0 radical (unpaired) electrons. The molecule has 2 atom stereocenters. The van der Waals surface area contributed by atoms with E-state index in [0.29, 0.717) is 19.0 Å². The fraction of sp³-hybridized carbons (Fsp3) is 0.588. The van der Waals surface area contributed by atoms with Gasteiger partial charge in [0.25, 0.3) is 0 Å². The monoisotopic (exact) mass is 310 g/mol. The summed E-state index contributed by atoms with van der Waals surface area (Å²) in [5.74, 6) is -0.0609. The van der Waals surface area contributed by atoms with Crippen LogP contribution in [0.25, 0.3) is 0 Å². The first-order valence-corrected chi connectivity index (χ1v) is 8.08. The van der Waals surface area contributed by atoms with Crippen LogP contribution in [0.2, 0.25) is 0 Å². The largest absolute Gasteiger partial charge is 0.490 e. The van der Waals surface area contributed by atoms with Gasteiger partial charge in [-0.15, -0.1) is 0 Å². The molecule has 1 unspecified atom stereocenters. The van der Waals surface area contributed by atoms with E-state index in [1.54, 1.807) is 18.2 Å². The lowest BCUT2D eigenvalue weighted by Crippen LogP contribution is -3.13. The van der Waals surface area contributed by atoms with Crippen molar-refractivity contribution in [1.29, 1.82) is 0 Å². The summed E-state index contributed by atoms with van der Waals surface area (Å²) < 4.78 is 24.0. The zero-order valence-electron chi connectivity index (χ0n) is 13.1. The van der Waals surface area contributed by atoms with Crippen LogP contribution in [0, 0.1) is 11.7 Å². The number of piperidine rings is 1. The molecule has 5 heteroatoms. The summed E-state index contributed by atoms with van der Waals surface area (Å²) in [6, 6.07) is 6.45. The number of halogens is 1. The van der Waals surface area contributed by atoms with Crippen LogP contribution in [0.5, 0.6) is 5.75 Å². The average molecular weight is 310 g/mol. The molecule has 1 heterocycles. The molecule has 0 aromatic heterocycles. The van der Waals surface area contributed by atoms with Crippen molar-refractivity contribution in [3.8, 4) is 5.75 Å². The van der Waals surface area contributed by atoms with Crippen LogP contribution in [0.4, 0.5) is 4.39 Å². The number of quaternary nitrogens is 1. The minimum Gasteiger partial charge on any atom is -0.490 e. The van der Waals surface area contributed by atoms with E-state index >= 15 is 0 Å². The van der Waals surface area contributed by atoms with Gasteiger partial charge in [0.1, 0.15) is 5.92 Å². The van der Waals surface area contributed by atoms with E-state index in [2.05, 4.69) is 0 Å². The van der Waals surface area contributed by atoms with Crippen LogP contribution >= 0.6 is 0 Å². The maximum Gasteiger partial charge on any atom is 0.314 e. The van der Waals surface area contributed by atoms with E-state index in [-0.39, 0.29) is 17.7 Å². The summed E-state index contributed by atoms with van der Waals surface area (Å²) in [7, 11) is 0. The van der Waals surface area contributed by atoms with Gasteiger partial charge < -0.3 is 14.4 Å². The predicted octanol–water partition coefficient (Wildman–Crippen LogP) is 1.45. The van der Waals surface area contributed by atoms with E-state index in [1.165, 1.54) is 11.0 Å². The topological polar surface area (TPSA) is 40.0 Å². The lowest BCUT2D eigenvalue weighted by Gasteiger charge is -2.28. The van der Waals surface area contributed by atoms with Crippen molar-refractivity contribution in [2.45, 2.75) is 26.2 Å². The zero-order chi connectivity index (χ0) is 15.8. The second kappa shape index (κ2) is 8.73. The number of hydrogen-bond donors (Lipinski definition) is 1. The summed E-state index contributed by atoms with van der Waals surface area (Å²) in [6.45, 7) is 5.62. The number of likely N-dealkylation sites (tertiary alicyclic amines) is 1. The highest BCUT2D eigenvalue weighted by Gasteiger charge is 2.29. The SMILES string of the molecule is CCOC(=O)[C@@H]1CCC[NH+](CCCOc2ccccc2F)C1. The molecule has 1 aliphatic rings. The molecule has 1 aromatic carbocycles. The standard InChI is InChI=1S/C17H24FNO3/c1-2-21-17(20)14-7-5-10-19(13-14)11-6-12-22-16-9-4-3-8-15(16)18/h3-4,8-9,14H,2,5-7,10-13H2,1H3/p+1/t14-/m1/s1. The van der Waals surface area contributed by atoms with Gasteiger partial charge in [0, 0.05) is 6.42 Å². The Kier molecular flexibility index (Phi) is 6.65. The van der Waals surface area contributed by atoms with Gasteiger partial charge in [0.2, 0.25) is 0 Å². The van der Waals surface area contributed by atoms with Crippen LogP contribution in [0.1, 0.15) is 26.2 Å². The number of rotatable bonds is 7. The molecule has 1 aromatic rings. The molecule has 122 valence electrons. The molecule has 0 amide bonds. The third kappa shape index (κ3) is 4.98. The predicted molar refractivity (Wildman–Crippen MR) is 81.4 cm³/mol. The molecule has 2 rings (SSSR count). The van der Waals surface area contributed by atoms with Gasteiger partial charge in [0.15, 0.2) is 11.6 Å². The van der Waals surface area contributed by atoms with E-state index in [1.807, 2.05) is 6.92 Å². The molecule has 22 heavy (non-hydrogen) atoms. The first-order valence-electron chi connectivity index (χ1n) is 8.08. The van der Waals surface area contributed by atoms with Crippen molar-refractivity contribution in [3.05, 3.63) is 30.1 Å². The summed E-state index contributed by atoms with van der Waals surface area (Å²) in [6.07, 6.45) is 2.82. The number of hydrogen-bond acceptors (Lipinski definition) is 3. The van der Waals surface area contributed by atoms with Crippen LogP contribution in [0.3, 0.4) is 0 Å². The highest BCUT2D eigenvalue weighted by atomic mass is 19.1. The number of benzene rings is 1. The number of carbonyl (C=O) groups is 1. The van der Waals surface area contributed by atoms with Crippen molar-refractivity contribution in [2.75, 3.05) is 32.8 Å². The second-order valence-electron chi connectivity index (χ2n) is 5.68. The Labute approximate surface area is 131 Å². The summed E-state index contributed by atoms with van der Waals surface area (Å²) >= 11 is 0. The summed E-state index contributed by atoms with van der Waals surface area (Å²) in [4.78, 5) is 13.2. The smallest absolute Gasteiger partial charge is 0.314 e. The average Bonchev–Trinajstić information content (AvgIpc) is 2.54. The van der Waals surface area contributed by atoms with Crippen LogP contribution in [-0.2, 0) is 9.53 Å². The Morgan fingerprint density at radius 2 is 2.23 bits per heavy atom. The van der Waals surface area contributed by atoms with Crippen molar-refractivity contribution < 1.29 is 23.6 Å². The number of carbonyl (C=O) groups excluding carboxylic acids is 1. The molecule has 0 spiro atoms. The number of esters is 1. The molecule has 0 aliphatic carbocycles.